The Morgan fingerprint density at radius 3 is 3.07 bits per heavy atom. The van der Waals surface area contributed by atoms with Crippen molar-refractivity contribution in [2.75, 3.05) is 12.3 Å². The highest BCUT2D eigenvalue weighted by Crippen LogP contribution is 2.33. The number of nitrogens with one attached hydrogen (secondary N) is 2. The molecule has 2 N–H and O–H groups in total. The molecule has 150 valence electrons. The Labute approximate surface area is 173 Å². The zero-order valence-electron chi connectivity index (χ0n) is 16.2. The Morgan fingerprint density at radius 2 is 2.14 bits per heavy atom. The van der Waals surface area contributed by atoms with Gasteiger partial charge in [-0.3, -0.25) is 14.2 Å². The van der Waals surface area contributed by atoms with E-state index in [1.807, 2.05) is 18.3 Å². The largest absolute Gasteiger partial charge is 0.361 e. The van der Waals surface area contributed by atoms with Crippen LogP contribution in [0.3, 0.4) is 0 Å². The van der Waals surface area contributed by atoms with E-state index >= 15 is 0 Å². The zero-order valence-corrected chi connectivity index (χ0v) is 17.1. The lowest BCUT2D eigenvalue weighted by Gasteiger charge is -2.18. The molecule has 1 atom stereocenters. The maximum absolute atomic E-state index is 13.0. The molecule has 7 heteroatoms. The fourth-order valence-electron chi connectivity index (χ4n) is 4.43. The van der Waals surface area contributed by atoms with E-state index in [-0.39, 0.29) is 17.5 Å². The van der Waals surface area contributed by atoms with Crippen molar-refractivity contribution in [2.24, 2.45) is 0 Å². The molecule has 29 heavy (non-hydrogen) atoms. The lowest BCUT2D eigenvalue weighted by Crippen LogP contribution is -2.34. The summed E-state index contributed by atoms with van der Waals surface area (Å²) in [5, 5.41) is 5.01. The summed E-state index contributed by atoms with van der Waals surface area (Å²) in [6, 6.07) is 8.08. The van der Waals surface area contributed by atoms with Gasteiger partial charge in [-0.1, -0.05) is 30.0 Å². The maximum atomic E-state index is 13.0. The van der Waals surface area contributed by atoms with Crippen molar-refractivity contribution in [2.45, 2.75) is 49.7 Å². The minimum atomic E-state index is -0.102. The first-order chi connectivity index (χ1) is 14.2. The average Bonchev–Trinajstić information content (AvgIpc) is 3.33. The molecule has 0 saturated heterocycles. The molecule has 2 aromatic heterocycles. The molecule has 0 radical (unpaired) electrons. The average molecular weight is 409 g/mol. The van der Waals surface area contributed by atoms with Crippen molar-refractivity contribution in [3.05, 3.63) is 57.6 Å². The van der Waals surface area contributed by atoms with E-state index in [1.165, 1.54) is 10.9 Å². The molecule has 0 spiro atoms. The van der Waals surface area contributed by atoms with Gasteiger partial charge in [-0.2, -0.15) is 0 Å². The number of H-pyrrole nitrogens is 1. The standard InChI is InChI=1S/C22H24N4O2S/c27-20(23-10-9-14-12-24-18-7-3-1-5-16(14)18)11-15-13-29-22-25-19-8-4-2-6-17(19)21(28)26(15)22/h1,3,5,7,12,15,24H,2,4,6,8-11,13H2,(H,23,27)/t15-/m1/s1. The molecule has 6 nitrogen and oxygen atoms in total. The molecule has 5 rings (SSSR count). The molecule has 0 unspecified atom stereocenters. The van der Waals surface area contributed by atoms with E-state index in [1.54, 1.807) is 16.3 Å². The summed E-state index contributed by atoms with van der Waals surface area (Å²) in [5.74, 6) is 0.731. The van der Waals surface area contributed by atoms with Gasteiger partial charge in [0.15, 0.2) is 5.16 Å². The van der Waals surface area contributed by atoms with Crippen LogP contribution in [0.4, 0.5) is 0 Å². The Kier molecular flexibility index (Phi) is 4.91. The molecule has 3 heterocycles. The zero-order chi connectivity index (χ0) is 19.8. The lowest BCUT2D eigenvalue weighted by atomic mass is 9.97. The number of thioether (sulfide) groups is 1. The second-order valence-corrected chi connectivity index (χ2v) is 8.82. The molecule has 2 aliphatic rings. The number of para-hydroxylation sites is 1. The number of carbonyl (C=O) groups is 1. The summed E-state index contributed by atoms with van der Waals surface area (Å²) in [6.45, 7) is 0.588. The lowest BCUT2D eigenvalue weighted by molar-refractivity contribution is -0.121. The van der Waals surface area contributed by atoms with E-state index in [2.05, 4.69) is 22.4 Å². The van der Waals surface area contributed by atoms with Crippen molar-refractivity contribution in [3.63, 3.8) is 0 Å². The van der Waals surface area contributed by atoms with Crippen LogP contribution >= 0.6 is 11.8 Å². The Bertz CT molecular complexity index is 1130. The number of aromatic amines is 1. The normalized spacial score (nSPS) is 17.9. The number of fused-ring (bicyclic) bond motifs is 3. The molecule has 1 aromatic carbocycles. The summed E-state index contributed by atoms with van der Waals surface area (Å²) in [6.07, 6.45) is 6.99. The highest BCUT2D eigenvalue weighted by atomic mass is 32.2. The minimum Gasteiger partial charge on any atom is -0.361 e. The van der Waals surface area contributed by atoms with Gasteiger partial charge in [0, 0.05) is 41.4 Å². The highest BCUT2D eigenvalue weighted by molar-refractivity contribution is 7.99. The summed E-state index contributed by atoms with van der Waals surface area (Å²) < 4.78 is 1.77. The molecule has 1 amide bonds. The fraction of sp³-hybridized carbons (Fsp3) is 0.409. The van der Waals surface area contributed by atoms with Crippen LogP contribution in [0.15, 0.2) is 40.4 Å². The quantitative estimate of drug-likeness (QED) is 0.636. The molecular weight excluding hydrogens is 384 g/mol. The van der Waals surface area contributed by atoms with Gasteiger partial charge in [-0.25, -0.2) is 4.98 Å². The van der Waals surface area contributed by atoms with E-state index in [4.69, 9.17) is 4.98 Å². The van der Waals surface area contributed by atoms with Crippen LogP contribution in [0.1, 0.15) is 42.1 Å². The minimum absolute atomic E-state index is 0.00656. The van der Waals surface area contributed by atoms with E-state index in [0.717, 1.165) is 59.8 Å². The number of hydrogen-bond donors (Lipinski definition) is 2. The van der Waals surface area contributed by atoms with Gasteiger partial charge in [0.05, 0.1) is 11.7 Å². The monoisotopic (exact) mass is 408 g/mol. The number of aromatic nitrogens is 3. The first kappa shape index (κ1) is 18.5. The van der Waals surface area contributed by atoms with Gasteiger partial charge in [-0.15, -0.1) is 0 Å². The number of carbonyl (C=O) groups excluding carboxylic acids is 1. The number of aryl methyl sites for hydroxylation is 1. The number of nitrogens with zero attached hydrogens (tertiary/aromatic N) is 2. The van der Waals surface area contributed by atoms with Gasteiger partial charge >= 0.3 is 0 Å². The summed E-state index contributed by atoms with van der Waals surface area (Å²) >= 11 is 1.60. The Hall–Kier alpha value is -2.54. The Morgan fingerprint density at radius 1 is 1.28 bits per heavy atom. The van der Waals surface area contributed by atoms with Crippen LogP contribution in [-0.4, -0.2) is 32.7 Å². The van der Waals surface area contributed by atoms with Crippen LogP contribution in [0.5, 0.6) is 0 Å². The van der Waals surface area contributed by atoms with Crippen molar-refractivity contribution in [3.8, 4) is 0 Å². The second kappa shape index (κ2) is 7.71. The topological polar surface area (TPSA) is 79.8 Å². The number of rotatable bonds is 5. The molecule has 0 bridgehead atoms. The van der Waals surface area contributed by atoms with Crippen molar-refractivity contribution >= 4 is 28.6 Å². The van der Waals surface area contributed by atoms with E-state index < -0.39 is 0 Å². The fourth-order valence-corrected chi connectivity index (χ4v) is 5.58. The first-order valence-corrected chi connectivity index (χ1v) is 11.3. The van der Waals surface area contributed by atoms with Gasteiger partial charge in [0.1, 0.15) is 0 Å². The smallest absolute Gasteiger partial charge is 0.257 e. The highest BCUT2D eigenvalue weighted by Gasteiger charge is 2.30. The predicted octanol–water partition coefficient (Wildman–Crippen LogP) is 3.00. The predicted molar refractivity (Wildman–Crippen MR) is 115 cm³/mol. The Balaban J connectivity index is 1.23. The van der Waals surface area contributed by atoms with Gasteiger partial charge in [0.25, 0.3) is 5.56 Å². The van der Waals surface area contributed by atoms with Crippen molar-refractivity contribution < 1.29 is 4.79 Å². The molecular formula is C22H24N4O2S. The summed E-state index contributed by atoms with van der Waals surface area (Å²) in [4.78, 5) is 33.5. The van der Waals surface area contributed by atoms with Gasteiger partial charge in [0.2, 0.25) is 5.91 Å². The van der Waals surface area contributed by atoms with Crippen LogP contribution in [-0.2, 0) is 24.1 Å². The summed E-state index contributed by atoms with van der Waals surface area (Å²) in [5.41, 5.74) is 4.24. The van der Waals surface area contributed by atoms with Crippen molar-refractivity contribution in [1.29, 1.82) is 0 Å². The summed E-state index contributed by atoms with van der Waals surface area (Å²) in [7, 11) is 0. The third-order valence-corrected chi connectivity index (χ3v) is 7.03. The van der Waals surface area contributed by atoms with E-state index in [9.17, 15) is 9.59 Å². The van der Waals surface area contributed by atoms with Crippen LogP contribution < -0.4 is 10.9 Å². The number of benzene rings is 1. The van der Waals surface area contributed by atoms with Crippen LogP contribution in [0.2, 0.25) is 0 Å². The molecule has 0 fully saturated rings. The van der Waals surface area contributed by atoms with E-state index in [0.29, 0.717) is 13.0 Å². The second-order valence-electron chi connectivity index (χ2n) is 7.83. The first-order valence-electron chi connectivity index (χ1n) is 10.3. The SMILES string of the molecule is O=C(C[C@@H]1CSc2nc3c(c(=O)n21)CCCC3)NCCc1c[nH]c2ccccc12. The third-order valence-electron chi connectivity index (χ3n) is 5.93. The molecule has 1 aliphatic carbocycles. The van der Waals surface area contributed by atoms with Crippen molar-refractivity contribution in [1.82, 2.24) is 19.9 Å². The molecule has 3 aromatic rings. The number of amides is 1. The molecule has 0 saturated carbocycles. The number of hydrogen-bond acceptors (Lipinski definition) is 4. The van der Waals surface area contributed by atoms with Crippen LogP contribution in [0.25, 0.3) is 10.9 Å². The maximum Gasteiger partial charge on any atom is 0.257 e. The van der Waals surface area contributed by atoms with Gasteiger partial charge in [-0.05, 0) is 43.7 Å². The molecule has 1 aliphatic heterocycles. The van der Waals surface area contributed by atoms with Gasteiger partial charge < -0.3 is 10.3 Å². The third kappa shape index (κ3) is 3.48. The van der Waals surface area contributed by atoms with Crippen LogP contribution in [0, 0.1) is 0 Å².